The van der Waals surface area contributed by atoms with Gasteiger partial charge in [0.15, 0.2) is 0 Å². The summed E-state index contributed by atoms with van der Waals surface area (Å²) in [5.41, 5.74) is 4.76. The number of hydrogen-bond donors (Lipinski definition) is 0. The molecule has 3 rings (SSSR count). The van der Waals surface area contributed by atoms with Gasteiger partial charge < -0.3 is 4.48 Å². The van der Waals surface area contributed by atoms with Crippen LogP contribution in [0.5, 0.6) is 0 Å². The number of nitrogens with zero attached hydrogens (tertiary/aromatic N) is 1. The highest BCUT2D eigenvalue weighted by molar-refractivity contribution is 7.47. The SMILES string of the molecule is CCCCCCCCc1ccccc1B(c1ccccc1)[Si](CCCC)(CCCC)c1ccccc1.C[N+](C)(C)C. The van der Waals surface area contributed by atoms with Crippen molar-refractivity contribution in [3.63, 3.8) is 0 Å². The van der Waals surface area contributed by atoms with Crippen LogP contribution in [-0.2, 0) is 6.42 Å². The first-order valence-corrected chi connectivity index (χ1v) is 19.2. The summed E-state index contributed by atoms with van der Waals surface area (Å²) in [6, 6.07) is 35.6. The Morgan fingerprint density at radius 2 is 1.00 bits per heavy atom. The Bertz CT molecular complexity index is 1050. The third-order valence-electron chi connectivity index (χ3n) is 8.15. The van der Waals surface area contributed by atoms with Crippen LogP contribution in [0.15, 0.2) is 84.9 Å². The normalized spacial score (nSPS) is 11.6. The number of quaternary nitrogens is 1. The van der Waals surface area contributed by atoms with Crippen molar-refractivity contribution in [3.8, 4) is 0 Å². The minimum Gasteiger partial charge on any atom is -0.333 e. The molecule has 0 aliphatic heterocycles. The molecule has 0 fully saturated rings. The molecule has 224 valence electrons. The molecule has 0 spiro atoms. The summed E-state index contributed by atoms with van der Waals surface area (Å²) in [6.07, 6.45) is 15.1. The Morgan fingerprint density at radius 3 is 1.56 bits per heavy atom. The smallest absolute Gasteiger partial charge is 0.208 e. The molecule has 0 heterocycles. The highest BCUT2D eigenvalue weighted by Crippen LogP contribution is 2.26. The first-order valence-electron chi connectivity index (χ1n) is 16.7. The van der Waals surface area contributed by atoms with Crippen molar-refractivity contribution in [3.05, 3.63) is 90.5 Å². The second kappa shape index (κ2) is 19.2. The number of unbranched alkanes of at least 4 members (excludes halogenated alkanes) is 7. The van der Waals surface area contributed by atoms with E-state index in [0.717, 1.165) is 4.48 Å². The fourth-order valence-electron chi connectivity index (χ4n) is 6.20. The van der Waals surface area contributed by atoms with E-state index in [1.165, 1.54) is 88.2 Å². The maximum atomic E-state index is 2.49. The third-order valence-corrected chi connectivity index (χ3v) is 13.9. The molecule has 0 bridgehead atoms. The van der Waals surface area contributed by atoms with E-state index in [1.54, 1.807) is 16.2 Å². The molecule has 0 unspecified atom stereocenters. The lowest BCUT2D eigenvalue weighted by Gasteiger charge is -2.40. The molecule has 0 aromatic heterocycles. The lowest BCUT2D eigenvalue weighted by molar-refractivity contribution is -0.849. The summed E-state index contributed by atoms with van der Waals surface area (Å²) in [5.74, 6) is 0. The highest BCUT2D eigenvalue weighted by Gasteiger charge is 2.46. The van der Waals surface area contributed by atoms with E-state index in [9.17, 15) is 0 Å². The van der Waals surface area contributed by atoms with Crippen LogP contribution in [0.3, 0.4) is 0 Å². The van der Waals surface area contributed by atoms with Crippen molar-refractivity contribution in [1.82, 2.24) is 0 Å². The van der Waals surface area contributed by atoms with E-state index in [0.29, 0.717) is 6.31 Å². The van der Waals surface area contributed by atoms with Crippen molar-refractivity contribution in [1.29, 1.82) is 0 Å². The quantitative estimate of drug-likeness (QED) is 0.0867. The number of aryl methyl sites for hydroxylation is 1. The molecule has 0 aliphatic carbocycles. The monoisotopic (exact) mass is 570 g/mol. The maximum Gasteiger partial charge on any atom is 0.208 e. The predicted molar refractivity (Wildman–Crippen MR) is 190 cm³/mol. The minimum atomic E-state index is -1.92. The van der Waals surface area contributed by atoms with Gasteiger partial charge in [0.1, 0.15) is 0 Å². The van der Waals surface area contributed by atoms with Crippen LogP contribution in [0.1, 0.15) is 90.5 Å². The van der Waals surface area contributed by atoms with E-state index in [1.807, 2.05) is 0 Å². The molecule has 41 heavy (non-hydrogen) atoms. The van der Waals surface area contributed by atoms with Crippen molar-refractivity contribution in [2.24, 2.45) is 0 Å². The van der Waals surface area contributed by atoms with E-state index in [-0.39, 0.29) is 0 Å². The topological polar surface area (TPSA) is 0 Å². The Morgan fingerprint density at radius 1 is 0.537 bits per heavy atom. The summed E-state index contributed by atoms with van der Waals surface area (Å²) >= 11 is 0. The summed E-state index contributed by atoms with van der Waals surface area (Å²) in [7, 11) is 6.58. The fraction of sp³-hybridized carbons (Fsp3) is 0.526. The van der Waals surface area contributed by atoms with Crippen molar-refractivity contribution in [2.75, 3.05) is 28.2 Å². The average molecular weight is 571 g/mol. The van der Waals surface area contributed by atoms with Crippen molar-refractivity contribution < 1.29 is 4.48 Å². The van der Waals surface area contributed by atoms with Crippen LogP contribution in [0.2, 0.25) is 12.1 Å². The number of benzene rings is 3. The second-order valence-electron chi connectivity index (χ2n) is 13.5. The molecular formula is C38H61BNSi+. The summed E-state index contributed by atoms with van der Waals surface area (Å²) in [4.78, 5) is 0. The van der Waals surface area contributed by atoms with E-state index in [4.69, 9.17) is 0 Å². The van der Waals surface area contributed by atoms with Gasteiger partial charge >= 0.3 is 0 Å². The van der Waals surface area contributed by atoms with Crippen LogP contribution in [-0.4, -0.2) is 46.9 Å². The molecule has 0 amide bonds. The average Bonchev–Trinajstić information content (AvgIpc) is 2.97. The van der Waals surface area contributed by atoms with Gasteiger partial charge in [-0.25, -0.2) is 0 Å². The zero-order chi connectivity index (χ0) is 30.0. The molecule has 0 saturated carbocycles. The minimum absolute atomic E-state index is 0.510. The third kappa shape index (κ3) is 12.3. The summed E-state index contributed by atoms with van der Waals surface area (Å²) in [6.45, 7) is 7.04. The molecule has 3 aromatic rings. The molecule has 3 heteroatoms. The molecule has 0 saturated heterocycles. The van der Waals surface area contributed by atoms with Crippen LogP contribution >= 0.6 is 0 Å². The predicted octanol–water partition coefficient (Wildman–Crippen LogP) is 8.56. The maximum absolute atomic E-state index is 2.49. The van der Waals surface area contributed by atoms with Crippen LogP contribution in [0, 0.1) is 0 Å². The van der Waals surface area contributed by atoms with Gasteiger partial charge in [0, 0.05) is 0 Å². The Kier molecular flexibility index (Phi) is 16.4. The van der Waals surface area contributed by atoms with E-state index >= 15 is 0 Å². The van der Waals surface area contributed by atoms with E-state index in [2.05, 4.69) is 134 Å². The number of hydrogen-bond acceptors (Lipinski definition) is 0. The lowest BCUT2D eigenvalue weighted by atomic mass is 9.59. The van der Waals surface area contributed by atoms with Gasteiger partial charge in [-0.1, -0.05) is 197 Å². The molecule has 0 aliphatic rings. The van der Waals surface area contributed by atoms with E-state index < -0.39 is 7.94 Å². The molecule has 0 radical (unpaired) electrons. The Labute approximate surface area is 256 Å². The largest absolute Gasteiger partial charge is 0.333 e. The first-order chi connectivity index (χ1) is 19.8. The van der Waals surface area contributed by atoms with Gasteiger partial charge in [0.2, 0.25) is 6.31 Å². The lowest BCUT2D eigenvalue weighted by Crippen LogP contribution is -2.70. The van der Waals surface area contributed by atoms with Crippen molar-refractivity contribution in [2.45, 2.75) is 103 Å². The first kappa shape index (κ1) is 35.1. The van der Waals surface area contributed by atoms with Crippen LogP contribution in [0.25, 0.3) is 0 Å². The fourth-order valence-corrected chi connectivity index (χ4v) is 12.5. The zero-order valence-electron chi connectivity index (χ0n) is 27.8. The Balaban J connectivity index is 0.00000108. The zero-order valence-corrected chi connectivity index (χ0v) is 28.8. The highest BCUT2D eigenvalue weighted by atomic mass is 28.3. The molecule has 3 aromatic carbocycles. The van der Waals surface area contributed by atoms with Gasteiger partial charge in [-0.3, -0.25) is 0 Å². The van der Waals surface area contributed by atoms with Gasteiger partial charge in [0.25, 0.3) is 0 Å². The summed E-state index contributed by atoms with van der Waals surface area (Å²) < 4.78 is 1.00. The Hall–Kier alpha value is -2.10. The van der Waals surface area contributed by atoms with Gasteiger partial charge in [-0.05, 0) is 12.8 Å². The van der Waals surface area contributed by atoms with Gasteiger partial charge in [0.05, 0.1) is 36.1 Å². The molecule has 0 atom stereocenters. The molecular weight excluding hydrogens is 509 g/mol. The molecule has 1 nitrogen and oxygen atoms in total. The summed E-state index contributed by atoms with van der Waals surface area (Å²) in [5, 5.41) is 1.66. The van der Waals surface area contributed by atoms with Gasteiger partial charge in [-0.15, -0.1) is 0 Å². The standard InChI is InChI=1S/C34H49BSi.C4H12N/c1-4-7-10-11-12-15-22-31-23-20-21-28-34(31)35(32-24-16-13-17-25-32)36(29-8-5-2,30-9-6-3)33-26-18-14-19-27-33;1-5(2,3)4/h13-14,16-21,23-28H,4-12,15,22,29-30H2,1-3H3;1-4H3/q;+1. The second-order valence-corrected chi connectivity index (χ2v) is 17.9. The number of rotatable bonds is 17. The van der Waals surface area contributed by atoms with Gasteiger partial charge in [-0.2, -0.15) is 0 Å². The van der Waals surface area contributed by atoms with Crippen LogP contribution < -0.4 is 16.1 Å². The van der Waals surface area contributed by atoms with Crippen LogP contribution in [0.4, 0.5) is 0 Å². The molecule has 0 N–H and O–H groups in total. The van der Waals surface area contributed by atoms with Crippen molar-refractivity contribution >= 4 is 30.4 Å².